The summed E-state index contributed by atoms with van der Waals surface area (Å²) in [6.07, 6.45) is 0.335. The topological polar surface area (TPSA) is 112 Å². The normalized spacial score (nSPS) is 19.5. The van der Waals surface area contributed by atoms with Gasteiger partial charge in [-0.15, -0.1) is 0 Å². The summed E-state index contributed by atoms with van der Waals surface area (Å²) in [4.78, 5) is 17.3. The number of para-hydroxylation sites is 1. The molecule has 1 atom stereocenters. The van der Waals surface area contributed by atoms with Crippen LogP contribution in [0.3, 0.4) is 0 Å². The smallest absolute Gasteiger partial charge is 0.371 e. The summed E-state index contributed by atoms with van der Waals surface area (Å²) in [7, 11) is 0. The number of aliphatic imine (C=N–C) groups is 1. The number of piperidine rings is 1. The first-order chi connectivity index (χ1) is 12.6. The van der Waals surface area contributed by atoms with E-state index in [0.717, 1.165) is 16.8 Å². The molecule has 1 heterocycles. The molecule has 0 bridgehead atoms. The minimum absolute atomic E-state index is 0.313. The van der Waals surface area contributed by atoms with Gasteiger partial charge in [0.1, 0.15) is 6.17 Å². The molecule has 1 fully saturated rings. The lowest BCUT2D eigenvalue weighted by molar-refractivity contribution is -0.129. The molecule has 7 nitrogen and oxygen atoms in total. The van der Waals surface area contributed by atoms with Crippen LogP contribution in [0.15, 0.2) is 64.7 Å². The molecule has 0 radical (unpaired) electrons. The molecule has 26 heavy (non-hydrogen) atoms. The van der Waals surface area contributed by atoms with Crippen molar-refractivity contribution in [3.8, 4) is 11.1 Å². The average molecular weight is 352 g/mol. The van der Waals surface area contributed by atoms with E-state index in [1.54, 1.807) is 0 Å². The molecule has 0 aromatic heterocycles. The maximum Gasteiger partial charge on any atom is 0.371 e. The highest BCUT2D eigenvalue weighted by molar-refractivity contribution is 6.33. The van der Waals surface area contributed by atoms with Crippen LogP contribution in [0.25, 0.3) is 11.1 Å². The van der Waals surface area contributed by atoms with Gasteiger partial charge in [0.15, 0.2) is 0 Å². The molecule has 2 aromatic carbocycles. The van der Waals surface area contributed by atoms with Gasteiger partial charge in [0.05, 0.1) is 5.71 Å². The van der Waals surface area contributed by atoms with Crippen LogP contribution < -0.4 is 10.6 Å². The summed E-state index contributed by atoms with van der Waals surface area (Å²) in [6, 6.07) is 17.8. The van der Waals surface area contributed by atoms with Gasteiger partial charge in [-0.1, -0.05) is 53.7 Å². The molecular formula is C19H20N4O3. The number of nitrogens with two attached hydrogens (primary N) is 1. The first-order valence-electron chi connectivity index (χ1n) is 8.27. The van der Waals surface area contributed by atoms with Crippen molar-refractivity contribution in [3.63, 3.8) is 0 Å². The van der Waals surface area contributed by atoms with Gasteiger partial charge in [-0.3, -0.25) is 0 Å². The molecule has 0 amide bonds. The van der Waals surface area contributed by atoms with Gasteiger partial charge in [-0.05, 0) is 11.6 Å². The van der Waals surface area contributed by atoms with E-state index in [4.69, 9.17) is 16.0 Å². The van der Waals surface area contributed by atoms with Gasteiger partial charge in [-0.25, -0.2) is 9.79 Å². The molecule has 7 heteroatoms. The number of hydrogen-bond acceptors (Lipinski definition) is 5. The van der Waals surface area contributed by atoms with Crippen LogP contribution in [0, 0.1) is 0 Å². The third-order valence-electron chi connectivity index (χ3n) is 4.37. The zero-order chi connectivity index (χ0) is 18.5. The zero-order valence-electron chi connectivity index (χ0n) is 14.1. The van der Waals surface area contributed by atoms with Crippen molar-refractivity contribution in [3.05, 3.63) is 54.6 Å². The Morgan fingerprint density at radius 2 is 1.81 bits per heavy atom. The first-order valence-corrected chi connectivity index (χ1v) is 8.27. The summed E-state index contributed by atoms with van der Waals surface area (Å²) in [5.74, 6) is -1.73. The van der Waals surface area contributed by atoms with Gasteiger partial charge in [0.2, 0.25) is 5.84 Å². The Morgan fingerprint density at radius 3 is 2.50 bits per heavy atom. The molecule has 4 N–H and O–H groups in total. The SMILES string of the molecule is N/C(=N\C1C/C(=N/O)CCN1c1ccccc1-c1ccccc1)C(=O)O. The first kappa shape index (κ1) is 17.5. The van der Waals surface area contributed by atoms with E-state index >= 15 is 0 Å². The van der Waals surface area contributed by atoms with Crippen molar-refractivity contribution in [2.75, 3.05) is 11.4 Å². The quantitative estimate of drug-likeness (QED) is 0.340. The number of carboxylic acids is 1. The van der Waals surface area contributed by atoms with Crippen molar-refractivity contribution in [1.82, 2.24) is 0 Å². The number of carbonyl (C=O) groups is 1. The number of amidine groups is 1. The average Bonchev–Trinajstić information content (AvgIpc) is 2.68. The summed E-state index contributed by atoms with van der Waals surface area (Å²) in [5, 5.41) is 21.5. The number of aliphatic carboxylic acids is 1. The molecule has 3 rings (SSSR count). The number of hydrogen-bond donors (Lipinski definition) is 3. The van der Waals surface area contributed by atoms with E-state index in [9.17, 15) is 4.79 Å². The second kappa shape index (κ2) is 7.69. The molecule has 1 aliphatic heterocycles. The van der Waals surface area contributed by atoms with Crippen molar-refractivity contribution in [2.45, 2.75) is 19.0 Å². The van der Waals surface area contributed by atoms with Crippen LogP contribution in [0.5, 0.6) is 0 Å². The van der Waals surface area contributed by atoms with Gasteiger partial charge < -0.3 is 20.9 Å². The second-order valence-corrected chi connectivity index (χ2v) is 6.00. The Balaban J connectivity index is 2.04. The van der Waals surface area contributed by atoms with Crippen LogP contribution in [0.4, 0.5) is 5.69 Å². The summed E-state index contributed by atoms with van der Waals surface area (Å²) >= 11 is 0. The molecule has 1 aliphatic rings. The summed E-state index contributed by atoms with van der Waals surface area (Å²) in [6.45, 7) is 0.546. The van der Waals surface area contributed by atoms with Crippen LogP contribution in [-0.4, -0.2) is 40.5 Å². The van der Waals surface area contributed by atoms with Gasteiger partial charge in [-0.2, -0.15) is 0 Å². The molecule has 134 valence electrons. The predicted molar refractivity (Wildman–Crippen MR) is 101 cm³/mol. The molecular weight excluding hydrogens is 332 g/mol. The van der Waals surface area contributed by atoms with E-state index in [1.165, 1.54) is 0 Å². The number of anilines is 1. The maximum absolute atomic E-state index is 11.1. The van der Waals surface area contributed by atoms with Gasteiger partial charge >= 0.3 is 5.97 Å². The van der Waals surface area contributed by atoms with E-state index in [-0.39, 0.29) is 0 Å². The monoisotopic (exact) mass is 352 g/mol. The molecule has 1 saturated heterocycles. The highest BCUT2D eigenvalue weighted by Crippen LogP contribution is 2.34. The number of benzene rings is 2. The Kier molecular flexibility index (Phi) is 5.17. The van der Waals surface area contributed by atoms with Crippen molar-refractivity contribution >= 4 is 23.2 Å². The molecule has 0 saturated carbocycles. The van der Waals surface area contributed by atoms with Crippen molar-refractivity contribution in [2.24, 2.45) is 15.9 Å². The van der Waals surface area contributed by atoms with Gasteiger partial charge in [0, 0.05) is 30.6 Å². The highest BCUT2D eigenvalue weighted by Gasteiger charge is 2.28. The summed E-state index contributed by atoms with van der Waals surface area (Å²) in [5.41, 5.74) is 9.13. The second-order valence-electron chi connectivity index (χ2n) is 6.00. The number of oxime groups is 1. The molecule has 0 aliphatic carbocycles. The van der Waals surface area contributed by atoms with Crippen LogP contribution >= 0.6 is 0 Å². The lowest BCUT2D eigenvalue weighted by Crippen LogP contribution is -2.44. The Morgan fingerprint density at radius 1 is 1.12 bits per heavy atom. The molecule has 0 spiro atoms. The maximum atomic E-state index is 11.1. The predicted octanol–water partition coefficient (Wildman–Crippen LogP) is 2.55. The number of rotatable bonds is 3. The molecule has 1 unspecified atom stereocenters. The lowest BCUT2D eigenvalue weighted by atomic mass is 9.99. The van der Waals surface area contributed by atoms with E-state index in [1.807, 2.05) is 59.5 Å². The van der Waals surface area contributed by atoms with Crippen LogP contribution in [0.2, 0.25) is 0 Å². The van der Waals surface area contributed by atoms with E-state index in [0.29, 0.717) is 25.1 Å². The third-order valence-corrected chi connectivity index (χ3v) is 4.37. The Hall–Kier alpha value is -3.35. The van der Waals surface area contributed by atoms with E-state index in [2.05, 4.69) is 10.1 Å². The minimum Gasteiger partial charge on any atom is -0.475 e. The fourth-order valence-electron chi connectivity index (χ4n) is 3.11. The fraction of sp³-hybridized carbons (Fsp3) is 0.211. The largest absolute Gasteiger partial charge is 0.475 e. The summed E-state index contributed by atoms with van der Waals surface area (Å²) < 4.78 is 0. The van der Waals surface area contributed by atoms with Crippen LogP contribution in [-0.2, 0) is 4.79 Å². The number of nitrogens with zero attached hydrogens (tertiary/aromatic N) is 3. The fourth-order valence-corrected chi connectivity index (χ4v) is 3.11. The van der Waals surface area contributed by atoms with Crippen LogP contribution in [0.1, 0.15) is 12.8 Å². The Bertz CT molecular complexity index is 849. The van der Waals surface area contributed by atoms with E-state index < -0.39 is 18.0 Å². The zero-order valence-corrected chi connectivity index (χ0v) is 14.1. The third kappa shape index (κ3) is 3.66. The standard InChI is InChI=1S/C19H20N4O3/c20-18(19(24)25)21-17-12-14(22-26)10-11-23(17)16-9-5-4-8-15(16)13-6-2-1-3-7-13/h1-9,17,26H,10-12H2,(H2,20,21)(H,24,25)/b22-14+. The highest BCUT2D eigenvalue weighted by atomic mass is 16.4. The van der Waals surface area contributed by atoms with Gasteiger partial charge in [0.25, 0.3) is 0 Å². The number of carboxylic acid groups (broad SMARTS) is 1. The Labute approximate surface area is 151 Å². The lowest BCUT2D eigenvalue weighted by Gasteiger charge is -2.36. The minimum atomic E-state index is -1.27. The van der Waals surface area contributed by atoms with Crippen molar-refractivity contribution in [1.29, 1.82) is 0 Å². The van der Waals surface area contributed by atoms with Crippen molar-refractivity contribution < 1.29 is 15.1 Å². The molecule has 2 aromatic rings.